The molecule has 0 aromatic heterocycles. The molecule has 1 rings (SSSR count). The highest BCUT2D eigenvalue weighted by molar-refractivity contribution is 4.70. The summed E-state index contributed by atoms with van der Waals surface area (Å²) in [4.78, 5) is 5.14. The monoisotopic (exact) mass is 256 g/mol. The van der Waals surface area contributed by atoms with Gasteiger partial charge in [0.1, 0.15) is 0 Å². The summed E-state index contributed by atoms with van der Waals surface area (Å²) in [7, 11) is 0. The van der Waals surface area contributed by atoms with Gasteiger partial charge in [-0.2, -0.15) is 0 Å². The smallest absolute Gasteiger partial charge is 0.0433 e. The third-order valence-electron chi connectivity index (χ3n) is 4.36. The number of hydrogen-bond donors (Lipinski definition) is 1. The van der Waals surface area contributed by atoms with Gasteiger partial charge >= 0.3 is 0 Å². The Morgan fingerprint density at radius 1 is 0.944 bits per heavy atom. The molecule has 1 atom stereocenters. The zero-order valence-corrected chi connectivity index (χ0v) is 12.4. The Balaban J connectivity index is 2.01. The number of aliphatic hydroxyl groups excluding tert-OH is 1. The highest BCUT2D eigenvalue weighted by atomic mass is 16.3. The van der Waals surface area contributed by atoms with E-state index in [4.69, 9.17) is 5.11 Å². The maximum absolute atomic E-state index is 8.96. The molecule has 0 unspecified atom stereocenters. The molecule has 0 aliphatic carbocycles. The fourth-order valence-corrected chi connectivity index (χ4v) is 2.83. The van der Waals surface area contributed by atoms with Crippen molar-refractivity contribution in [3.8, 4) is 0 Å². The maximum Gasteiger partial charge on any atom is 0.0433 e. The Morgan fingerprint density at radius 2 is 1.61 bits per heavy atom. The van der Waals surface area contributed by atoms with Gasteiger partial charge in [0.2, 0.25) is 0 Å². The summed E-state index contributed by atoms with van der Waals surface area (Å²) < 4.78 is 0. The van der Waals surface area contributed by atoms with E-state index in [2.05, 4.69) is 23.6 Å². The van der Waals surface area contributed by atoms with Crippen LogP contribution < -0.4 is 0 Å². The van der Waals surface area contributed by atoms with Gasteiger partial charge in [-0.3, -0.25) is 0 Å². The van der Waals surface area contributed by atoms with Crippen molar-refractivity contribution < 1.29 is 5.11 Å². The Kier molecular flexibility index (Phi) is 8.64. The van der Waals surface area contributed by atoms with Crippen molar-refractivity contribution in [2.45, 2.75) is 46.0 Å². The van der Waals surface area contributed by atoms with Crippen LogP contribution in [0.3, 0.4) is 0 Å². The Labute approximate surface area is 113 Å². The van der Waals surface area contributed by atoms with Gasteiger partial charge in [-0.25, -0.2) is 0 Å². The molecule has 3 nitrogen and oxygen atoms in total. The average Bonchev–Trinajstić information content (AvgIpc) is 2.43. The summed E-state index contributed by atoms with van der Waals surface area (Å²) in [6, 6.07) is 0. The highest BCUT2D eigenvalue weighted by Gasteiger charge is 2.14. The molecule has 1 fully saturated rings. The molecule has 1 saturated heterocycles. The van der Waals surface area contributed by atoms with Crippen molar-refractivity contribution in [1.29, 1.82) is 0 Å². The first-order valence-electron chi connectivity index (χ1n) is 7.85. The maximum atomic E-state index is 8.96. The third kappa shape index (κ3) is 6.17. The van der Waals surface area contributed by atoms with Gasteiger partial charge in [0, 0.05) is 32.8 Å². The molecule has 0 aromatic carbocycles. The van der Waals surface area contributed by atoms with E-state index in [0.717, 1.165) is 12.3 Å². The van der Waals surface area contributed by atoms with E-state index in [9.17, 15) is 0 Å². The molecule has 1 aliphatic heterocycles. The van der Waals surface area contributed by atoms with Gasteiger partial charge in [-0.15, -0.1) is 0 Å². The van der Waals surface area contributed by atoms with Crippen LogP contribution in [0.5, 0.6) is 0 Å². The molecule has 1 heterocycles. The fourth-order valence-electron chi connectivity index (χ4n) is 2.83. The second-order valence-electron chi connectivity index (χ2n) is 5.56. The average molecular weight is 256 g/mol. The molecular formula is C15H32N2O. The van der Waals surface area contributed by atoms with Crippen molar-refractivity contribution in [1.82, 2.24) is 9.80 Å². The zero-order chi connectivity index (χ0) is 13.2. The van der Waals surface area contributed by atoms with Crippen molar-refractivity contribution in [2.24, 2.45) is 5.92 Å². The standard InChI is InChI=1S/C15H32N2O/c1-3-15(8-14-18)7-5-6-9-17-12-10-16(4-2)11-13-17/h15,18H,3-14H2,1-2H3/t15-/m1/s1. The number of nitrogens with zero attached hydrogens (tertiary/aromatic N) is 2. The van der Waals surface area contributed by atoms with E-state index in [0.29, 0.717) is 6.61 Å². The molecular weight excluding hydrogens is 224 g/mol. The van der Waals surface area contributed by atoms with Crippen molar-refractivity contribution in [3.63, 3.8) is 0 Å². The molecule has 0 bridgehead atoms. The lowest BCUT2D eigenvalue weighted by Gasteiger charge is -2.34. The second kappa shape index (κ2) is 9.76. The molecule has 0 radical (unpaired) electrons. The molecule has 18 heavy (non-hydrogen) atoms. The summed E-state index contributed by atoms with van der Waals surface area (Å²) in [6.07, 6.45) is 6.16. The Hall–Kier alpha value is -0.120. The van der Waals surface area contributed by atoms with Gasteiger partial charge < -0.3 is 14.9 Å². The first-order valence-corrected chi connectivity index (χ1v) is 7.85. The molecule has 0 saturated carbocycles. The van der Waals surface area contributed by atoms with Gasteiger partial charge in [-0.1, -0.05) is 33.1 Å². The van der Waals surface area contributed by atoms with Crippen LogP contribution in [-0.4, -0.2) is 60.8 Å². The first-order chi connectivity index (χ1) is 8.80. The minimum Gasteiger partial charge on any atom is -0.396 e. The molecule has 0 amide bonds. The van der Waals surface area contributed by atoms with E-state index in [1.54, 1.807) is 0 Å². The largest absolute Gasteiger partial charge is 0.396 e. The fraction of sp³-hybridized carbons (Fsp3) is 1.00. The minimum absolute atomic E-state index is 0.359. The molecule has 0 aromatic rings. The lowest BCUT2D eigenvalue weighted by molar-refractivity contribution is 0.134. The van der Waals surface area contributed by atoms with Crippen LogP contribution >= 0.6 is 0 Å². The van der Waals surface area contributed by atoms with E-state index >= 15 is 0 Å². The van der Waals surface area contributed by atoms with Crippen LogP contribution in [0.1, 0.15) is 46.0 Å². The van der Waals surface area contributed by atoms with E-state index in [-0.39, 0.29) is 0 Å². The summed E-state index contributed by atoms with van der Waals surface area (Å²) in [5.41, 5.74) is 0. The van der Waals surface area contributed by atoms with E-state index in [1.807, 2.05) is 0 Å². The van der Waals surface area contributed by atoms with Crippen molar-refractivity contribution in [3.05, 3.63) is 0 Å². The summed E-state index contributed by atoms with van der Waals surface area (Å²) >= 11 is 0. The number of rotatable bonds is 9. The molecule has 108 valence electrons. The SMILES string of the molecule is CC[C@@H](CCO)CCCCN1CCN(CC)CC1. The normalized spacial score (nSPS) is 20.2. The number of likely N-dealkylation sites (N-methyl/N-ethyl adjacent to an activating group) is 1. The van der Waals surface area contributed by atoms with Crippen LogP contribution in [0.15, 0.2) is 0 Å². The quantitative estimate of drug-likeness (QED) is 0.641. The zero-order valence-electron chi connectivity index (χ0n) is 12.4. The summed E-state index contributed by atoms with van der Waals surface area (Å²) in [6.45, 7) is 12.3. The Morgan fingerprint density at radius 3 is 2.17 bits per heavy atom. The molecule has 1 aliphatic rings. The van der Waals surface area contributed by atoms with Gasteiger partial charge in [0.25, 0.3) is 0 Å². The van der Waals surface area contributed by atoms with E-state index in [1.165, 1.54) is 65.0 Å². The van der Waals surface area contributed by atoms with Gasteiger partial charge in [-0.05, 0) is 31.8 Å². The second-order valence-corrected chi connectivity index (χ2v) is 5.56. The number of piperazine rings is 1. The molecule has 3 heteroatoms. The minimum atomic E-state index is 0.359. The lowest BCUT2D eigenvalue weighted by atomic mass is 9.96. The first kappa shape index (κ1) is 15.9. The van der Waals surface area contributed by atoms with Crippen LogP contribution in [0.2, 0.25) is 0 Å². The van der Waals surface area contributed by atoms with E-state index < -0.39 is 0 Å². The summed E-state index contributed by atoms with van der Waals surface area (Å²) in [5.74, 6) is 0.743. The molecule has 1 N–H and O–H groups in total. The Bertz CT molecular complexity index is 191. The van der Waals surface area contributed by atoms with Crippen LogP contribution in [0, 0.1) is 5.92 Å². The van der Waals surface area contributed by atoms with Crippen molar-refractivity contribution in [2.75, 3.05) is 45.9 Å². The van der Waals surface area contributed by atoms with Crippen LogP contribution in [-0.2, 0) is 0 Å². The van der Waals surface area contributed by atoms with Crippen molar-refractivity contribution >= 4 is 0 Å². The lowest BCUT2D eigenvalue weighted by Crippen LogP contribution is -2.46. The van der Waals surface area contributed by atoms with Crippen LogP contribution in [0.25, 0.3) is 0 Å². The number of aliphatic hydroxyl groups is 1. The predicted molar refractivity (Wildman–Crippen MR) is 77.9 cm³/mol. The van der Waals surface area contributed by atoms with Crippen LogP contribution in [0.4, 0.5) is 0 Å². The highest BCUT2D eigenvalue weighted by Crippen LogP contribution is 2.16. The number of unbranched alkanes of at least 4 members (excludes halogenated alkanes) is 1. The predicted octanol–water partition coefficient (Wildman–Crippen LogP) is 2.20. The number of hydrogen-bond acceptors (Lipinski definition) is 3. The van der Waals surface area contributed by atoms with Gasteiger partial charge in [0.05, 0.1) is 0 Å². The summed E-state index contributed by atoms with van der Waals surface area (Å²) in [5, 5.41) is 8.96. The third-order valence-corrected chi connectivity index (χ3v) is 4.36. The van der Waals surface area contributed by atoms with Gasteiger partial charge in [0.15, 0.2) is 0 Å². The topological polar surface area (TPSA) is 26.7 Å². The molecule has 0 spiro atoms.